The standard InChI is InChI=1S/C21H17Cl2F3N2O2S2/c1-32(29,30)14-4-2-3-12(9-14)17-7-8-18(31-17)20-27-19(21(24,25)26)11-28(20)16-10-13(22)5-6-15(16)23/h2-6,8-10,17,19H,7,11H2,1H3. The monoisotopic (exact) mass is 520 g/mol. The smallest absolute Gasteiger partial charge is 0.322 e. The van der Waals surface area contributed by atoms with E-state index in [9.17, 15) is 21.6 Å². The van der Waals surface area contributed by atoms with Gasteiger partial charge in [0.25, 0.3) is 0 Å². The second kappa shape index (κ2) is 8.59. The van der Waals surface area contributed by atoms with Crippen LogP contribution in [0.2, 0.25) is 10.0 Å². The van der Waals surface area contributed by atoms with E-state index in [4.69, 9.17) is 23.2 Å². The molecule has 32 heavy (non-hydrogen) atoms. The van der Waals surface area contributed by atoms with Crippen LogP contribution in [0.15, 0.2) is 63.3 Å². The normalized spacial score (nSPS) is 21.6. The third-order valence-corrected chi connectivity index (χ3v) is 8.15. The molecule has 2 heterocycles. The van der Waals surface area contributed by atoms with Crippen molar-refractivity contribution in [2.24, 2.45) is 4.99 Å². The van der Waals surface area contributed by atoms with Crippen molar-refractivity contribution in [2.45, 2.75) is 28.8 Å². The third-order valence-electron chi connectivity index (χ3n) is 5.13. The summed E-state index contributed by atoms with van der Waals surface area (Å²) in [7, 11) is -3.37. The van der Waals surface area contributed by atoms with Gasteiger partial charge in [0.2, 0.25) is 0 Å². The van der Waals surface area contributed by atoms with E-state index in [1.165, 1.54) is 34.9 Å². The van der Waals surface area contributed by atoms with Gasteiger partial charge in [0.1, 0.15) is 5.84 Å². The molecule has 11 heteroatoms. The lowest BCUT2D eigenvalue weighted by Gasteiger charge is -2.24. The Balaban J connectivity index is 1.65. The van der Waals surface area contributed by atoms with Crippen LogP contribution in [-0.4, -0.2) is 39.3 Å². The first-order valence-electron chi connectivity index (χ1n) is 9.48. The van der Waals surface area contributed by atoms with Gasteiger partial charge < -0.3 is 4.90 Å². The largest absolute Gasteiger partial charge is 0.412 e. The fourth-order valence-corrected chi connectivity index (χ4v) is 5.86. The molecule has 2 unspecified atom stereocenters. The maximum absolute atomic E-state index is 13.5. The lowest BCUT2D eigenvalue weighted by Crippen LogP contribution is -2.35. The summed E-state index contributed by atoms with van der Waals surface area (Å²) in [6, 6.07) is 9.32. The number of halogens is 5. The predicted molar refractivity (Wildman–Crippen MR) is 124 cm³/mol. The van der Waals surface area contributed by atoms with Crippen molar-refractivity contribution in [1.29, 1.82) is 0 Å². The first-order valence-corrected chi connectivity index (χ1v) is 13.0. The summed E-state index contributed by atoms with van der Waals surface area (Å²) in [4.78, 5) is 6.22. The summed E-state index contributed by atoms with van der Waals surface area (Å²) in [5.74, 6) is 0.184. The Morgan fingerprint density at radius 2 is 1.91 bits per heavy atom. The Labute approximate surface area is 198 Å². The van der Waals surface area contributed by atoms with Crippen molar-refractivity contribution in [3.05, 3.63) is 69.1 Å². The fourth-order valence-electron chi connectivity index (χ4n) is 3.55. The second-order valence-electron chi connectivity index (χ2n) is 7.47. The molecule has 0 aromatic heterocycles. The van der Waals surface area contributed by atoms with E-state index in [-0.39, 0.29) is 21.0 Å². The number of amidine groups is 1. The highest BCUT2D eigenvalue weighted by molar-refractivity contribution is 8.04. The molecule has 2 aromatic rings. The molecule has 0 N–H and O–H groups in total. The summed E-state index contributed by atoms with van der Waals surface area (Å²) in [5, 5.41) is 0.477. The van der Waals surface area contributed by atoms with Gasteiger partial charge in [-0.05, 0) is 42.3 Å². The van der Waals surface area contributed by atoms with E-state index in [1.807, 2.05) is 12.1 Å². The van der Waals surface area contributed by atoms with Gasteiger partial charge >= 0.3 is 6.18 Å². The highest BCUT2D eigenvalue weighted by Gasteiger charge is 2.46. The zero-order valence-electron chi connectivity index (χ0n) is 16.6. The maximum Gasteiger partial charge on any atom is 0.412 e. The maximum atomic E-state index is 13.5. The first-order chi connectivity index (χ1) is 14.9. The van der Waals surface area contributed by atoms with Crippen LogP contribution in [0.1, 0.15) is 17.2 Å². The molecule has 4 rings (SSSR count). The van der Waals surface area contributed by atoms with Crippen LogP contribution in [0.4, 0.5) is 18.9 Å². The van der Waals surface area contributed by atoms with Crippen LogP contribution in [0.3, 0.4) is 0 Å². The minimum absolute atomic E-state index is 0.143. The number of rotatable bonds is 4. The van der Waals surface area contributed by atoms with E-state index in [0.29, 0.717) is 22.0 Å². The van der Waals surface area contributed by atoms with Gasteiger partial charge in [-0.2, -0.15) is 13.2 Å². The lowest BCUT2D eigenvalue weighted by atomic mass is 10.1. The minimum Gasteiger partial charge on any atom is -0.322 e. The number of benzene rings is 2. The number of sulfone groups is 1. The molecule has 0 fully saturated rings. The summed E-state index contributed by atoms with van der Waals surface area (Å²) >= 11 is 13.7. The molecule has 0 amide bonds. The molecular formula is C21H17Cl2F3N2O2S2. The van der Waals surface area contributed by atoms with Crippen LogP contribution in [0.5, 0.6) is 0 Å². The molecule has 0 saturated carbocycles. The van der Waals surface area contributed by atoms with Crippen molar-refractivity contribution in [3.63, 3.8) is 0 Å². The van der Waals surface area contributed by atoms with Crippen LogP contribution in [0.25, 0.3) is 0 Å². The van der Waals surface area contributed by atoms with E-state index >= 15 is 0 Å². The van der Waals surface area contributed by atoms with Crippen LogP contribution in [0, 0.1) is 0 Å². The average Bonchev–Trinajstić information content (AvgIpc) is 3.36. The van der Waals surface area contributed by atoms with Crippen LogP contribution in [-0.2, 0) is 9.84 Å². The van der Waals surface area contributed by atoms with Gasteiger partial charge in [0.15, 0.2) is 15.9 Å². The molecule has 0 spiro atoms. The second-order valence-corrected chi connectivity index (χ2v) is 11.6. The summed E-state index contributed by atoms with van der Waals surface area (Å²) in [6.45, 7) is -0.398. The van der Waals surface area contributed by atoms with Crippen molar-refractivity contribution in [2.75, 3.05) is 17.7 Å². The van der Waals surface area contributed by atoms with Crippen molar-refractivity contribution in [3.8, 4) is 0 Å². The number of anilines is 1. The molecule has 2 atom stereocenters. The van der Waals surface area contributed by atoms with Gasteiger partial charge in [-0.15, -0.1) is 11.8 Å². The molecule has 0 saturated heterocycles. The third kappa shape index (κ3) is 4.81. The van der Waals surface area contributed by atoms with Gasteiger partial charge in [0.05, 0.1) is 22.2 Å². The fraction of sp³-hybridized carbons (Fsp3) is 0.286. The summed E-state index contributed by atoms with van der Waals surface area (Å²) in [5.41, 5.74) is 1.14. The Kier molecular flexibility index (Phi) is 6.30. The highest BCUT2D eigenvalue weighted by Crippen LogP contribution is 2.47. The average molecular weight is 521 g/mol. The molecule has 2 aliphatic heterocycles. The number of nitrogens with zero attached hydrogens (tertiary/aromatic N) is 2. The molecular weight excluding hydrogens is 504 g/mol. The molecule has 2 aromatic carbocycles. The number of thioether (sulfide) groups is 1. The molecule has 0 bridgehead atoms. The number of alkyl halides is 3. The molecule has 0 aliphatic carbocycles. The van der Waals surface area contributed by atoms with Crippen molar-refractivity contribution < 1.29 is 21.6 Å². The summed E-state index contributed by atoms with van der Waals surface area (Å²) < 4.78 is 64.3. The Morgan fingerprint density at radius 3 is 2.59 bits per heavy atom. The van der Waals surface area contributed by atoms with Crippen molar-refractivity contribution >= 4 is 56.3 Å². The zero-order chi connectivity index (χ0) is 23.3. The Bertz CT molecular complexity index is 1230. The topological polar surface area (TPSA) is 49.7 Å². The molecule has 170 valence electrons. The summed E-state index contributed by atoms with van der Waals surface area (Å²) in [6.07, 6.45) is -1.02. The molecule has 0 radical (unpaired) electrons. The number of allylic oxidation sites excluding steroid dienone is 1. The Hall–Kier alpha value is -1.68. The number of hydrogen-bond donors (Lipinski definition) is 0. The first kappa shape index (κ1) is 23.5. The minimum atomic E-state index is -4.50. The Morgan fingerprint density at radius 1 is 1.16 bits per heavy atom. The van der Waals surface area contributed by atoms with Gasteiger partial charge in [-0.3, -0.25) is 4.99 Å². The zero-order valence-corrected chi connectivity index (χ0v) is 19.7. The molecule has 4 nitrogen and oxygen atoms in total. The van der Waals surface area contributed by atoms with Crippen LogP contribution < -0.4 is 4.90 Å². The number of aliphatic imine (C=N–C) groups is 1. The van der Waals surface area contributed by atoms with Gasteiger partial charge in [-0.1, -0.05) is 41.4 Å². The highest BCUT2D eigenvalue weighted by atomic mass is 35.5. The van der Waals surface area contributed by atoms with Gasteiger partial charge in [0, 0.05) is 21.4 Å². The SMILES string of the molecule is CS(=O)(=O)c1cccc(C2CC=C(C3=NC(C(F)(F)F)CN3c3cc(Cl)ccc3Cl)S2)c1. The van der Waals surface area contributed by atoms with Gasteiger partial charge in [-0.25, -0.2) is 8.42 Å². The van der Waals surface area contributed by atoms with E-state index in [0.717, 1.165) is 11.8 Å². The van der Waals surface area contributed by atoms with E-state index in [1.54, 1.807) is 18.2 Å². The number of hydrogen-bond acceptors (Lipinski definition) is 5. The predicted octanol–water partition coefficient (Wildman–Crippen LogP) is 6.31. The quantitative estimate of drug-likeness (QED) is 0.474. The van der Waals surface area contributed by atoms with Crippen molar-refractivity contribution in [1.82, 2.24) is 0 Å². The lowest BCUT2D eigenvalue weighted by molar-refractivity contribution is -0.142. The van der Waals surface area contributed by atoms with E-state index in [2.05, 4.69) is 4.99 Å². The van der Waals surface area contributed by atoms with E-state index < -0.39 is 28.6 Å². The van der Waals surface area contributed by atoms with Crippen LogP contribution >= 0.6 is 35.0 Å². The molecule has 2 aliphatic rings.